The topological polar surface area (TPSA) is 39.5 Å². The summed E-state index contributed by atoms with van der Waals surface area (Å²) in [6.45, 7) is 20.7. The first-order valence-electron chi connectivity index (χ1n) is 8.51. The Morgan fingerprint density at radius 3 is 1.64 bits per heavy atom. The molecular formula is C17H36N3OP. The molecule has 0 saturated carbocycles. The highest BCUT2D eigenvalue weighted by atomic mass is 31.2. The molecule has 0 radical (unpaired) electrons. The van der Waals surface area contributed by atoms with E-state index in [-0.39, 0.29) is 0 Å². The molecule has 0 fully saturated rings. The SMILES string of the molecule is CC(C)C(C)N(C(C)C)P(OCCC#N)N(C(C)C)C(C)C. The van der Waals surface area contributed by atoms with Crippen LogP contribution in [0.4, 0.5) is 0 Å². The predicted octanol–water partition coefficient (Wildman–Crippen LogP) is 5.02. The second-order valence-corrected chi connectivity index (χ2v) is 8.71. The van der Waals surface area contributed by atoms with Crippen molar-refractivity contribution in [2.75, 3.05) is 6.61 Å². The first-order chi connectivity index (χ1) is 10.1. The van der Waals surface area contributed by atoms with Crippen molar-refractivity contribution >= 4 is 8.45 Å². The third-order valence-electron chi connectivity index (χ3n) is 3.79. The van der Waals surface area contributed by atoms with E-state index in [2.05, 4.69) is 77.7 Å². The van der Waals surface area contributed by atoms with Gasteiger partial charge in [0.2, 0.25) is 0 Å². The Morgan fingerprint density at radius 1 is 0.864 bits per heavy atom. The van der Waals surface area contributed by atoms with Gasteiger partial charge < -0.3 is 4.52 Å². The molecule has 0 aromatic carbocycles. The van der Waals surface area contributed by atoms with Gasteiger partial charge in [-0.25, -0.2) is 9.34 Å². The molecule has 0 N–H and O–H groups in total. The van der Waals surface area contributed by atoms with Gasteiger partial charge in [0, 0.05) is 24.2 Å². The molecule has 2 atom stereocenters. The zero-order valence-electron chi connectivity index (χ0n) is 16.0. The van der Waals surface area contributed by atoms with Gasteiger partial charge in [-0.05, 0) is 54.4 Å². The average molecular weight is 329 g/mol. The van der Waals surface area contributed by atoms with Crippen LogP contribution in [0.1, 0.15) is 68.7 Å². The van der Waals surface area contributed by atoms with Gasteiger partial charge in [0.15, 0.2) is 8.45 Å². The van der Waals surface area contributed by atoms with E-state index in [9.17, 15) is 0 Å². The molecule has 5 heteroatoms. The van der Waals surface area contributed by atoms with Gasteiger partial charge in [-0.15, -0.1) is 0 Å². The highest BCUT2D eigenvalue weighted by molar-refractivity contribution is 7.47. The molecule has 130 valence electrons. The Balaban J connectivity index is 5.52. The summed E-state index contributed by atoms with van der Waals surface area (Å²) in [4.78, 5) is 0. The van der Waals surface area contributed by atoms with Crippen molar-refractivity contribution in [2.45, 2.75) is 92.9 Å². The van der Waals surface area contributed by atoms with E-state index in [1.54, 1.807) is 0 Å². The van der Waals surface area contributed by atoms with Crippen LogP contribution in [0.5, 0.6) is 0 Å². The van der Waals surface area contributed by atoms with E-state index in [1.807, 2.05) is 0 Å². The molecule has 4 nitrogen and oxygen atoms in total. The maximum absolute atomic E-state index is 8.83. The van der Waals surface area contributed by atoms with Crippen LogP contribution in [0.2, 0.25) is 0 Å². The third kappa shape index (κ3) is 6.50. The van der Waals surface area contributed by atoms with Crippen LogP contribution in [-0.4, -0.2) is 40.1 Å². The molecule has 0 aliphatic heterocycles. The first-order valence-corrected chi connectivity index (χ1v) is 9.68. The lowest BCUT2D eigenvalue weighted by Gasteiger charge is -2.47. The number of rotatable bonds is 10. The first kappa shape index (κ1) is 21.8. The summed E-state index contributed by atoms with van der Waals surface area (Å²) in [7, 11) is -0.874. The zero-order chi connectivity index (χ0) is 17.4. The summed E-state index contributed by atoms with van der Waals surface area (Å²) in [5.41, 5.74) is 0. The molecule has 0 aliphatic carbocycles. The molecule has 0 heterocycles. The lowest BCUT2D eigenvalue weighted by atomic mass is 10.1. The molecule has 0 bridgehead atoms. The van der Waals surface area contributed by atoms with Gasteiger partial charge in [0.05, 0.1) is 19.1 Å². The van der Waals surface area contributed by atoms with Crippen LogP contribution in [0, 0.1) is 17.2 Å². The van der Waals surface area contributed by atoms with Gasteiger partial charge in [-0.3, -0.25) is 0 Å². The molecule has 0 spiro atoms. The standard InChI is InChI=1S/C17H36N3OP/c1-13(2)17(9)20(16(7)8)22(21-12-10-11-18)19(14(3)4)15(5)6/h13-17H,10,12H2,1-9H3. The van der Waals surface area contributed by atoms with Crippen molar-refractivity contribution in [1.82, 2.24) is 9.34 Å². The molecule has 0 rings (SSSR count). The largest absolute Gasteiger partial charge is 0.330 e. The van der Waals surface area contributed by atoms with Crippen molar-refractivity contribution in [1.29, 1.82) is 5.26 Å². The van der Waals surface area contributed by atoms with Crippen LogP contribution in [0.25, 0.3) is 0 Å². The predicted molar refractivity (Wildman–Crippen MR) is 96.5 cm³/mol. The maximum Gasteiger partial charge on any atom is 0.188 e. The van der Waals surface area contributed by atoms with E-state index < -0.39 is 8.45 Å². The van der Waals surface area contributed by atoms with Crippen molar-refractivity contribution < 1.29 is 4.52 Å². The number of nitriles is 1. The van der Waals surface area contributed by atoms with Crippen molar-refractivity contribution in [3.05, 3.63) is 0 Å². The second kappa shape index (κ2) is 10.6. The van der Waals surface area contributed by atoms with Crippen molar-refractivity contribution in [2.24, 2.45) is 5.92 Å². The average Bonchev–Trinajstić information content (AvgIpc) is 2.37. The normalized spacial score (nSPS) is 15.4. The van der Waals surface area contributed by atoms with Gasteiger partial charge in [-0.1, -0.05) is 13.8 Å². The highest BCUT2D eigenvalue weighted by Gasteiger charge is 2.36. The quantitative estimate of drug-likeness (QED) is 0.417. The van der Waals surface area contributed by atoms with Gasteiger partial charge in [0.25, 0.3) is 0 Å². The molecule has 0 aromatic rings. The Morgan fingerprint density at radius 2 is 1.32 bits per heavy atom. The summed E-state index contributed by atoms with van der Waals surface area (Å²) < 4.78 is 11.2. The van der Waals surface area contributed by atoms with Crippen LogP contribution in [0.3, 0.4) is 0 Å². The Labute approximate surface area is 139 Å². The fourth-order valence-corrected chi connectivity index (χ4v) is 5.07. The van der Waals surface area contributed by atoms with E-state index in [0.717, 1.165) is 0 Å². The molecular weight excluding hydrogens is 293 g/mol. The van der Waals surface area contributed by atoms with E-state index in [0.29, 0.717) is 43.1 Å². The van der Waals surface area contributed by atoms with Crippen LogP contribution in [-0.2, 0) is 4.52 Å². The van der Waals surface area contributed by atoms with E-state index >= 15 is 0 Å². The molecule has 2 unspecified atom stereocenters. The molecule has 0 saturated heterocycles. The third-order valence-corrected chi connectivity index (χ3v) is 6.74. The summed E-state index contributed by atoms with van der Waals surface area (Å²) in [6, 6.07) is 3.86. The second-order valence-electron chi connectivity index (χ2n) is 7.02. The Bertz CT molecular complexity index is 331. The van der Waals surface area contributed by atoms with Crippen LogP contribution < -0.4 is 0 Å². The van der Waals surface area contributed by atoms with Crippen molar-refractivity contribution in [3.63, 3.8) is 0 Å². The number of nitrogens with zero attached hydrogens (tertiary/aromatic N) is 3. The van der Waals surface area contributed by atoms with E-state index in [4.69, 9.17) is 9.79 Å². The minimum absolute atomic E-state index is 0.408. The summed E-state index contributed by atoms with van der Waals surface area (Å²) in [5.74, 6) is 0.563. The monoisotopic (exact) mass is 329 g/mol. The summed E-state index contributed by atoms with van der Waals surface area (Å²) >= 11 is 0. The van der Waals surface area contributed by atoms with E-state index in [1.165, 1.54) is 0 Å². The van der Waals surface area contributed by atoms with Crippen LogP contribution in [0.15, 0.2) is 0 Å². The fourth-order valence-electron chi connectivity index (χ4n) is 2.55. The Kier molecular flexibility index (Phi) is 10.5. The minimum Gasteiger partial charge on any atom is -0.330 e. The lowest BCUT2D eigenvalue weighted by molar-refractivity contribution is 0.165. The molecule has 0 aromatic heterocycles. The number of hydrogen-bond acceptors (Lipinski definition) is 4. The van der Waals surface area contributed by atoms with Crippen molar-refractivity contribution in [3.8, 4) is 6.07 Å². The smallest absolute Gasteiger partial charge is 0.188 e. The highest BCUT2D eigenvalue weighted by Crippen LogP contribution is 2.51. The van der Waals surface area contributed by atoms with Gasteiger partial charge in [0.1, 0.15) is 0 Å². The van der Waals surface area contributed by atoms with Crippen LogP contribution >= 0.6 is 8.45 Å². The fraction of sp³-hybridized carbons (Fsp3) is 0.941. The zero-order valence-corrected chi connectivity index (χ0v) is 16.9. The van der Waals surface area contributed by atoms with Gasteiger partial charge >= 0.3 is 0 Å². The number of hydrogen-bond donors (Lipinski definition) is 0. The summed E-state index contributed by atoms with van der Waals surface area (Å²) in [5, 5.41) is 8.83. The Hall–Kier alpha value is -0.200. The lowest BCUT2D eigenvalue weighted by Crippen LogP contribution is -2.45. The molecule has 0 aliphatic rings. The molecule has 0 amide bonds. The van der Waals surface area contributed by atoms with Gasteiger partial charge in [-0.2, -0.15) is 5.26 Å². The minimum atomic E-state index is -0.874. The maximum atomic E-state index is 8.83. The molecule has 22 heavy (non-hydrogen) atoms. The summed E-state index contributed by atoms with van der Waals surface area (Å²) in [6.07, 6.45) is 0.449.